The second kappa shape index (κ2) is 10.5. The van der Waals surface area contributed by atoms with Crippen molar-refractivity contribution in [1.82, 2.24) is 19.8 Å². The normalized spacial score (nSPS) is 16.6. The lowest BCUT2D eigenvalue weighted by Crippen LogP contribution is -2.48. The SMILES string of the molecule is O=C1NCCCC[C@H]1N(Cc1ccc(-c2nnc(-c3ccsc3)o2)cc1)S(=O)(=O)c1ccc(Cl)cc1. The van der Waals surface area contributed by atoms with E-state index in [1.165, 1.54) is 28.6 Å². The molecule has 8 nitrogen and oxygen atoms in total. The summed E-state index contributed by atoms with van der Waals surface area (Å²) in [4.78, 5) is 12.9. The van der Waals surface area contributed by atoms with Gasteiger partial charge < -0.3 is 9.73 Å². The molecule has 186 valence electrons. The number of thiophene rings is 1. The number of aromatic nitrogens is 2. The Morgan fingerprint density at radius 3 is 2.42 bits per heavy atom. The number of amides is 1. The third-order valence-electron chi connectivity index (χ3n) is 6.01. The highest BCUT2D eigenvalue weighted by Gasteiger charge is 2.36. The van der Waals surface area contributed by atoms with Crippen LogP contribution < -0.4 is 5.32 Å². The summed E-state index contributed by atoms with van der Waals surface area (Å²) in [7, 11) is -3.97. The van der Waals surface area contributed by atoms with Gasteiger partial charge in [0.05, 0.1) is 4.90 Å². The van der Waals surface area contributed by atoms with Crippen molar-refractivity contribution in [3.05, 3.63) is 75.9 Å². The van der Waals surface area contributed by atoms with Crippen LogP contribution in [0.15, 0.2) is 74.7 Å². The highest BCUT2D eigenvalue weighted by Crippen LogP contribution is 2.28. The zero-order chi connectivity index (χ0) is 25.1. The number of benzene rings is 2. The van der Waals surface area contributed by atoms with Gasteiger partial charge in [0.1, 0.15) is 6.04 Å². The van der Waals surface area contributed by atoms with Crippen molar-refractivity contribution < 1.29 is 17.6 Å². The third kappa shape index (κ3) is 5.22. The minimum absolute atomic E-state index is 0.0350. The van der Waals surface area contributed by atoms with Crippen LogP contribution in [0.4, 0.5) is 0 Å². The van der Waals surface area contributed by atoms with Crippen LogP contribution in [0.2, 0.25) is 5.02 Å². The molecule has 0 spiro atoms. The second-order valence-electron chi connectivity index (χ2n) is 8.43. The van der Waals surface area contributed by atoms with E-state index in [4.69, 9.17) is 16.0 Å². The maximum Gasteiger partial charge on any atom is 0.249 e. The summed E-state index contributed by atoms with van der Waals surface area (Å²) >= 11 is 7.52. The van der Waals surface area contributed by atoms with Crippen molar-refractivity contribution in [3.8, 4) is 22.9 Å². The van der Waals surface area contributed by atoms with Gasteiger partial charge in [-0.25, -0.2) is 8.42 Å². The summed E-state index contributed by atoms with van der Waals surface area (Å²) in [5.41, 5.74) is 2.30. The van der Waals surface area contributed by atoms with E-state index >= 15 is 0 Å². The molecule has 11 heteroatoms. The largest absolute Gasteiger partial charge is 0.416 e. The average Bonchev–Trinajstić information content (AvgIpc) is 3.54. The Hall–Kier alpha value is -3.05. The summed E-state index contributed by atoms with van der Waals surface area (Å²) < 4.78 is 34.4. The molecule has 1 N–H and O–H groups in total. The van der Waals surface area contributed by atoms with Gasteiger partial charge in [-0.2, -0.15) is 15.6 Å². The van der Waals surface area contributed by atoms with E-state index in [-0.39, 0.29) is 17.3 Å². The van der Waals surface area contributed by atoms with Gasteiger partial charge in [0.2, 0.25) is 27.7 Å². The number of hydrogen-bond acceptors (Lipinski definition) is 7. The molecule has 0 bridgehead atoms. The van der Waals surface area contributed by atoms with Gasteiger partial charge in [-0.1, -0.05) is 23.7 Å². The zero-order valence-corrected chi connectivity index (χ0v) is 21.5. The Bertz CT molecular complexity index is 1440. The summed E-state index contributed by atoms with van der Waals surface area (Å²) in [5, 5.41) is 15.4. The number of sulfonamides is 1. The fourth-order valence-corrected chi connectivity index (χ4v) is 6.44. The number of nitrogens with zero attached hydrogens (tertiary/aromatic N) is 3. The smallest absolute Gasteiger partial charge is 0.249 e. The van der Waals surface area contributed by atoms with E-state index in [0.29, 0.717) is 35.3 Å². The van der Waals surface area contributed by atoms with E-state index in [1.54, 1.807) is 23.5 Å². The summed E-state index contributed by atoms with van der Waals surface area (Å²) in [6, 6.07) is 14.3. The van der Waals surface area contributed by atoms with Gasteiger partial charge >= 0.3 is 0 Å². The van der Waals surface area contributed by atoms with Crippen molar-refractivity contribution >= 4 is 38.9 Å². The topological polar surface area (TPSA) is 105 Å². The molecule has 36 heavy (non-hydrogen) atoms. The molecular formula is C25H23ClN4O4S2. The first-order valence-corrected chi connectivity index (χ1v) is 14.2. The molecule has 1 aliphatic rings. The van der Waals surface area contributed by atoms with E-state index in [2.05, 4.69) is 15.5 Å². The molecule has 2 aromatic heterocycles. The molecule has 1 aliphatic heterocycles. The molecule has 0 unspecified atom stereocenters. The van der Waals surface area contributed by atoms with Crippen LogP contribution in [0.25, 0.3) is 22.9 Å². The highest BCUT2D eigenvalue weighted by molar-refractivity contribution is 7.89. The molecule has 0 saturated carbocycles. The standard InChI is InChI=1S/C25H23ClN4O4S2/c26-20-8-10-21(11-9-20)36(32,33)30(22-3-1-2-13-27-23(22)31)15-17-4-6-18(7-5-17)24-28-29-25(34-24)19-12-14-35-16-19/h4-12,14,16,22H,1-3,13,15H2,(H,27,31)/t22-/m1/s1. The molecule has 1 fully saturated rings. The van der Waals surface area contributed by atoms with Crippen LogP contribution in [0.5, 0.6) is 0 Å². The monoisotopic (exact) mass is 542 g/mol. The Morgan fingerprint density at radius 2 is 1.72 bits per heavy atom. The zero-order valence-electron chi connectivity index (χ0n) is 19.1. The Morgan fingerprint density at radius 1 is 1.00 bits per heavy atom. The maximum absolute atomic E-state index is 13.7. The van der Waals surface area contributed by atoms with Crippen molar-refractivity contribution in [2.45, 2.75) is 36.7 Å². The molecule has 4 aromatic rings. The molecule has 3 heterocycles. The van der Waals surface area contributed by atoms with Crippen LogP contribution in [0, 0.1) is 0 Å². The fourth-order valence-electron chi connectivity index (χ4n) is 4.08. The lowest BCUT2D eigenvalue weighted by Gasteiger charge is -2.29. The molecule has 0 radical (unpaired) electrons. The number of rotatable bonds is 7. The number of carbonyl (C=O) groups is 1. The van der Waals surface area contributed by atoms with Gasteiger partial charge in [-0.05, 0) is 72.7 Å². The minimum atomic E-state index is -3.97. The lowest BCUT2D eigenvalue weighted by atomic mass is 10.1. The van der Waals surface area contributed by atoms with Crippen LogP contribution >= 0.6 is 22.9 Å². The first-order chi connectivity index (χ1) is 17.4. The predicted molar refractivity (Wildman–Crippen MR) is 138 cm³/mol. The van der Waals surface area contributed by atoms with Gasteiger partial charge in [0, 0.05) is 34.6 Å². The maximum atomic E-state index is 13.7. The molecule has 1 atom stereocenters. The Kier molecular flexibility index (Phi) is 7.20. The fraction of sp³-hybridized carbons (Fsp3) is 0.240. The molecular weight excluding hydrogens is 520 g/mol. The molecule has 2 aromatic carbocycles. The molecule has 1 saturated heterocycles. The quantitative estimate of drug-likeness (QED) is 0.353. The summed E-state index contributed by atoms with van der Waals surface area (Å²) in [6.45, 7) is 0.573. The second-order valence-corrected chi connectivity index (χ2v) is 11.5. The van der Waals surface area contributed by atoms with Crippen molar-refractivity contribution in [1.29, 1.82) is 0 Å². The van der Waals surface area contributed by atoms with Crippen molar-refractivity contribution in [3.63, 3.8) is 0 Å². The van der Waals surface area contributed by atoms with Crippen LogP contribution in [0.3, 0.4) is 0 Å². The van der Waals surface area contributed by atoms with Gasteiger partial charge in [0.15, 0.2) is 0 Å². The van der Waals surface area contributed by atoms with Crippen LogP contribution in [0.1, 0.15) is 24.8 Å². The first kappa shape index (κ1) is 24.6. The Labute approximate surface area is 218 Å². The molecule has 0 aliphatic carbocycles. The van der Waals surface area contributed by atoms with Gasteiger partial charge in [-0.15, -0.1) is 10.2 Å². The highest BCUT2D eigenvalue weighted by atomic mass is 35.5. The summed E-state index contributed by atoms with van der Waals surface area (Å²) in [6.07, 6.45) is 2.01. The van der Waals surface area contributed by atoms with E-state index in [9.17, 15) is 13.2 Å². The predicted octanol–water partition coefficient (Wildman–Crippen LogP) is 4.98. The number of hydrogen-bond donors (Lipinski definition) is 1. The number of carbonyl (C=O) groups excluding carboxylic acids is 1. The first-order valence-electron chi connectivity index (χ1n) is 11.4. The molecule has 1 amide bonds. The van der Waals surface area contributed by atoms with Crippen molar-refractivity contribution in [2.75, 3.05) is 6.54 Å². The third-order valence-corrected chi connectivity index (χ3v) is 8.81. The van der Waals surface area contributed by atoms with Crippen LogP contribution in [-0.2, 0) is 21.4 Å². The van der Waals surface area contributed by atoms with Crippen LogP contribution in [-0.4, -0.2) is 41.4 Å². The van der Waals surface area contributed by atoms with E-state index in [0.717, 1.165) is 24.0 Å². The minimum Gasteiger partial charge on any atom is -0.416 e. The molecule has 5 rings (SSSR count). The average molecular weight is 543 g/mol. The summed E-state index contributed by atoms with van der Waals surface area (Å²) in [5.74, 6) is 0.528. The van der Waals surface area contributed by atoms with Crippen molar-refractivity contribution in [2.24, 2.45) is 0 Å². The van der Waals surface area contributed by atoms with Gasteiger partial charge in [-0.3, -0.25) is 4.79 Å². The van der Waals surface area contributed by atoms with Gasteiger partial charge in [0.25, 0.3) is 0 Å². The Balaban J connectivity index is 1.43. The van der Waals surface area contributed by atoms with E-state index in [1.807, 2.05) is 29.0 Å². The van der Waals surface area contributed by atoms with E-state index < -0.39 is 16.1 Å². The number of nitrogens with one attached hydrogen (secondary N) is 1. The number of halogens is 1. The lowest BCUT2D eigenvalue weighted by molar-refractivity contribution is -0.124.